The quantitative estimate of drug-likeness (QED) is 0.425. The van der Waals surface area contributed by atoms with Gasteiger partial charge in [-0.05, 0) is 48.9 Å². The van der Waals surface area contributed by atoms with Crippen molar-refractivity contribution in [3.8, 4) is 0 Å². The van der Waals surface area contributed by atoms with E-state index in [1.807, 2.05) is 13.8 Å². The zero-order valence-corrected chi connectivity index (χ0v) is 16.9. The maximum Gasteiger partial charge on any atom is 0.416 e. The van der Waals surface area contributed by atoms with E-state index in [0.717, 1.165) is 35.2 Å². The summed E-state index contributed by atoms with van der Waals surface area (Å²) in [5, 5.41) is 4.91. The first-order chi connectivity index (χ1) is 13.9. The molecule has 3 nitrogen and oxygen atoms in total. The van der Waals surface area contributed by atoms with Crippen LogP contribution >= 0.6 is 11.3 Å². The summed E-state index contributed by atoms with van der Waals surface area (Å²) in [6.07, 6.45) is -7.44. The minimum atomic E-state index is -4.97. The Kier molecular flexibility index (Phi) is 7.70. The smallest absolute Gasteiger partial charge is 0.337 e. The van der Waals surface area contributed by atoms with E-state index in [2.05, 4.69) is 5.32 Å². The number of amides is 1. The fraction of sp³-hybridized carbons (Fsp3) is 0.350. The molecule has 0 saturated carbocycles. The molecule has 0 aliphatic carbocycles. The van der Waals surface area contributed by atoms with Crippen molar-refractivity contribution in [2.45, 2.75) is 38.8 Å². The zero-order valence-electron chi connectivity index (χ0n) is 16.1. The molecule has 2 aromatic rings. The summed E-state index contributed by atoms with van der Waals surface area (Å²) in [7, 11) is 0. The molecule has 1 unspecified atom stereocenters. The summed E-state index contributed by atoms with van der Waals surface area (Å²) in [5.74, 6) is -1.06. The van der Waals surface area contributed by atoms with Crippen molar-refractivity contribution in [3.05, 3.63) is 62.9 Å². The predicted octanol–water partition coefficient (Wildman–Crippen LogP) is 5.62. The van der Waals surface area contributed by atoms with Crippen molar-refractivity contribution in [3.63, 3.8) is 0 Å². The van der Waals surface area contributed by atoms with Gasteiger partial charge in [-0.1, -0.05) is 19.1 Å². The number of halogens is 6. The first kappa shape index (κ1) is 23.9. The molecule has 164 valence electrons. The monoisotopic (exact) mass is 450 g/mol. The van der Waals surface area contributed by atoms with E-state index in [9.17, 15) is 31.1 Å². The van der Waals surface area contributed by atoms with E-state index >= 15 is 0 Å². The molecule has 0 spiro atoms. The van der Waals surface area contributed by atoms with Gasteiger partial charge in [-0.2, -0.15) is 26.3 Å². The summed E-state index contributed by atoms with van der Waals surface area (Å²) in [4.78, 5) is 13.8. The SMILES string of the molecule is CCNCc1sc(C=CC(=O)NC(c2cccc(C(F)(F)F)c2)C(F)(F)F)cc1C. The maximum atomic E-state index is 13.4. The van der Waals surface area contributed by atoms with Crippen molar-refractivity contribution in [1.82, 2.24) is 10.6 Å². The van der Waals surface area contributed by atoms with E-state index in [1.165, 1.54) is 17.4 Å². The molecule has 0 bridgehead atoms. The van der Waals surface area contributed by atoms with Gasteiger partial charge in [-0.25, -0.2) is 0 Å². The molecule has 1 amide bonds. The highest BCUT2D eigenvalue weighted by atomic mass is 32.1. The summed E-state index contributed by atoms with van der Waals surface area (Å²) in [6, 6.07) is 2.06. The summed E-state index contributed by atoms with van der Waals surface area (Å²) < 4.78 is 78.7. The molecule has 1 aromatic heterocycles. The van der Waals surface area contributed by atoms with Gasteiger partial charge in [0, 0.05) is 22.4 Å². The first-order valence-corrected chi connectivity index (χ1v) is 9.76. The lowest BCUT2D eigenvalue weighted by atomic mass is 10.0. The Balaban J connectivity index is 2.18. The molecular formula is C20H20F6N2OS. The number of hydrogen-bond acceptors (Lipinski definition) is 3. The van der Waals surface area contributed by atoms with Crippen LogP contribution in [0.1, 0.15) is 39.4 Å². The molecule has 0 saturated heterocycles. The molecular weight excluding hydrogens is 430 g/mol. The minimum Gasteiger partial charge on any atom is -0.337 e. The highest BCUT2D eigenvalue weighted by Gasteiger charge is 2.42. The van der Waals surface area contributed by atoms with E-state index in [0.29, 0.717) is 23.6 Å². The van der Waals surface area contributed by atoms with Gasteiger partial charge in [0.25, 0.3) is 0 Å². The second-order valence-corrected chi connectivity index (χ2v) is 7.64. The van der Waals surface area contributed by atoms with E-state index in [-0.39, 0.29) is 0 Å². The Labute approximate surface area is 173 Å². The van der Waals surface area contributed by atoms with Crippen LogP contribution in [0.3, 0.4) is 0 Å². The van der Waals surface area contributed by atoms with Gasteiger partial charge in [-0.15, -0.1) is 11.3 Å². The molecule has 0 aliphatic rings. The molecule has 0 fully saturated rings. The van der Waals surface area contributed by atoms with Crippen LogP contribution in [0.4, 0.5) is 26.3 Å². The molecule has 2 N–H and O–H groups in total. The second-order valence-electron chi connectivity index (χ2n) is 6.48. The van der Waals surface area contributed by atoms with E-state index in [4.69, 9.17) is 0 Å². The average molecular weight is 450 g/mol. The number of alkyl halides is 6. The summed E-state index contributed by atoms with van der Waals surface area (Å²) in [5.41, 5.74) is -0.932. The van der Waals surface area contributed by atoms with Crippen molar-refractivity contribution >= 4 is 23.3 Å². The Morgan fingerprint density at radius 3 is 2.47 bits per heavy atom. The number of carbonyl (C=O) groups is 1. The van der Waals surface area contributed by atoms with Gasteiger partial charge < -0.3 is 10.6 Å². The van der Waals surface area contributed by atoms with Crippen LogP contribution in [-0.4, -0.2) is 18.6 Å². The topological polar surface area (TPSA) is 41.1 Å². The number of aryl methyl sites for hydroxylation is 1. The van der Waals surface area contributed by atoms with Crippen LogP contribution in [0.25, 0.3) is 6.08 Å². The molecule has 2 rings (SSSR count). The van der Waals surface area contributed by atoms with Crippen molar-refractivity contribution in [2.75, 3.05) is 6.54 Å². The van der Waals surface area contributed by atoms with Gasteiger partial charge in [0.2, 0.25) is 5.91 Å². The lowest BCUT2D eigenvalue weighted by molar-refractivity contribution is -0.162. The fourth-order valence-electron chi connectivity index (χ4n) is 2.64. The fourth-order valence-corrected chi connectivity index (χ4v) is 3.69. The Morgan fingerprint density at radius 2 is 1.87 bits per heavy atom. The molecule has 1 aromatic carbocycles. The largest absolute Gasteiger partial charge is 0.416 e. The van der Waals surface area contributed by atoms with Crippen LogP contribution in [0.2, 0.25) is 0 Å². The van der Waals surface area contributed by atoms with Gasteiger partial charge in [-0.3, -0.25) is 4.79 Å². The maximum absolute atomic E-state index is 13.4. The Hall–Kier alpha value is -2.33. The normalized spacial score (nSPS) is 13.6. The second kappa shape index (κ2) is 9.65. The predicted molar refractivity (Wildman–Crippen MR) is 104 cm³/mol. The number of rotatable bonds is 7. The van der Waals surface area contributed by atoms with Crippen molar-refractivity contribution in [1.29, 1.82) is 0 Å². The molecule has 0 aliphatic heterocycles. The third-order valence-corrected chi connectivity index (χ3v) is 5.34. The molecule has 1 atom stereocenters. The minimum absolute atomic E-state index is 0.387. The van der Waals surface area contributed by atoms with Crippen LogP contribution in [0.15, 0.2) is 36.4 Å². The Bertz CT molecular complexity index is 901. The molecule has 10 heteroatoms. The van der Waals surface area contributed by atoms with Gasteiger partial charge in [0.05, 0.1) is 5.56 Å². The third kappa shape index (κ3) is 6.60. The number of nitrogens with one attached hydrogen (secondary N) is 2. The van der Waals surface area contributed by atoms with Crippen molar-refractivity contribution < 1.29 is 31.1 Å². The molecule has 1 heterocycles. The molecule has 0 radical (unpaired) electrons. The summed E-state index contributed by atoms with van der Waals surface area (Å²) in [6.45, 7) is 5.25. The summed E-state index contributed by atoms with van der Waals surface area (Å²) >= 11 is 1.39. The number of carbonyl (C=O) groups excluding carboxylic acids is 1. The van der Waals surface area contributed by atoms with Gasteiger partial charge >= 0.3 is 12.4 Å². The molecule has 30 heavy (non-hydrogen) atoms. The standard InChI is InChI=1S/C20H20F6N2OS/c1-3-27-11-16-12(2)9-15(30-16)7-8-17(29)28-18(20(24,25)26)13-5-4-6-14(10-13)19(21,22)23/h4-10,18,27H,3,11H2,1-2H3,(H,28,29). The number of benzene rings is 1. The lowest BCUT2D eigenvalue weighted by Gasteiger charge is -2.22. The zero-order chi connectivity index (χ0) is 22.5. The Morgan fingerprint density at radius 1 is 1.17 bits per heavy atom. The van der Waals surface area contributed by atoms with Crippen LogP contribution in [0.5, 0.6) is 0 Å². The van der Waals surface area contributed by atoms with Crippen LogP contribution in [0, 0.1) is 6.92 Å². The number of hydrogen-bond donors (Lipinski definition) is 2. The van der Waals surface area contributed by atoms with Gasteiger partial charge in [0.15, 0.2) is 6.04 Å². The van der Waals surface area contributed by atoms with E-state index < -0.39 is 35.4 Å². The van der Waals surface area contributed by atoms with Crippen LogP contribution in [-0.2, 0) is 17.5 Å². The average Bonchev–Trinajstić information content (AvgIpc) is 3.01. The first-order valence-electron chi connectivity index (χ1n) is 8.94. The number of thiophene rings is 1. The third-order valence-electron chi connectivity index (χ3n) is 4.14. The van der Waals surface area contributed by atoms with E-state index in [1.54, 1.807) is 11.4 Å². The van der Waals surface area contributed by atoms with Crippen LogP contribution < -0.4 is 10.6 Å². The lowest BCUT2D eigenvalue weighted by Crippen LogP contribution is -2.37. The highest BCUT2D eigenvalue weighted by Crippen LogP contribution is 2.36. The highest BCUT2D eigenvalue weighted by molar-refractivity contribution is 7.13. The van der Waals surface area contributed by atoms with Gasteiger partial charge in [0.1, 0.15) is 0 Å². The van der Waals surface area contributed by atoms with Crippen molar-refractivity contribution in [2.24, 2.45) is 0 Å².